The molecule has 0 spiro atoms. The van der Waals surface area contributed by atoms with Crippen LogP contribution in [0.5, 0.6) is 0 Å². The third-order valence-corrected chi connectivity index (χ3v) is 3.15. The number of amides is 1. The van der Waals surface area contributed by atoms with E-state index in [1.165, 1.54) is 19.3 Å². The zero-order chi connectivity index (χ0) is 9.68. The van der Waals surface area contributed by atoms with Crippen molar-refractivity contribution < 1.29 is 4.79 Å². The van der Waals surface area contributed by atoms with Gasteiger partial charge in [-0.15, -0.1) is 0 Å². The van der Waals surface area contributed by atoms with E-state index in [0.717, 1.165) is 31.2 Å². The highest BCUT2D eigenvalue weighted by atomic mass is 16.1. The van der Waals surface area contributed by atoms with Gasteiger partial charge in [-0.3, -0.25) is 4.79 Å². The number of piperidine rings is 1. The second kappa shape index (κ2) is 5.25. The van der Waals surface area contributed by atoms with Crippen LogP contribution in [0.25, 0.3) is 0 Å². The van der Waals surface area contributed by atoms with Crippen molar-refractivity contribution in [2.24, 2.45) is 11.8 Å². The van der Waals surface area contributed by atoms with Gasteiger partial charge < -0.3 is 5.32 Å². The number of hydrogen-bond donors (Lipinski definition) is 1. The van der Waals surface area contributed by atoms with E-state index in [0.29, 0.717) is 0 Å². The van der Waals surface area contributed by atoms with Crippen LogP contribution in [-0.4, -0.2) is 12.5 Å². The number of carbonyl (C=O) groups excluding carboxylic acids is 1. The van der Waals surface area contributed by atoms with E-state index in [2.05, 4.69) is 19.2 Å². The molecule has 1 saturated heterocycles. The van der Waals surface area contributed by atoms with E-state index in [-0.39, 0.29) is 5.91 Å². The number of nitrogens with one attached hydrogen (secondary N) is 1. The molecule has 0 aromatic carbocycles. The van der Waals surface area contributed by atoms with Gasteiger partial charge in [0.05, 0.1) is 0 Å². The summed E-state index contributed by atoms with van der Waals surface area (Å²) in [6.45, 7) is 5.41. The van der Waals surface area contributed by atoms with Crippen LogP contribution in [-0.2, 0) is 4.79 Å². The molecule has 1 N–H and O–H groups in total. The fraction of sp³-hybridized carbons (Fsp3) is 0.909. The fourth-order valence-corrected chi connectivity index (χ4v) is 2.30. The summed E-state index contributed by atoms with van der Waals surface area (Å²) in [5, 5.41) is 2.97. The molecule has 76 valence electrons. The topological polar surface area (TPSA) is 29.1 Å². The summed E-state index contributed by atoms with van der Waals surface area (Å²) in [5.74, 6) is 1.80. The molecule has 1 rings (SSSR count). The average molecular weight is 183 g/mol. The maximum atomic E-state index is 11.0. The molecule has 2 unspecified atom stereocenters. The minimum atomic E-state index is 0.239. The Balaban J connectivity index is 2.36. The van der Waals surface area contributed by atoms with Gasteiger partial charge in [0.25, 0.3) is 0 Å². The molecule has 0 saturated carbocycles. The van der Waals surface area contributed by atoms with Gasteiger partial charge in [0.15, 0.2) is 0 Å². The van der Waals surface area contributed by atoms with Gasteiger partial charge >= 0.3 is 0 Å². The molecule has 0 radical (unpaired) electrons. The van der Waals surface area contributed by atoms with Crippen molar-refractivity contribution in [3.8, 4) is 0 Å². The maximum Gasteiger partial charge on any atom is 0.220 e. The molecule has 2 nitrogen and oxygen atoms in total. The Morgan fingerprint density at radius 3 is 2.77 bits per heavy atom. The zero-order valence-electron chi connectivity index (χ0n) is 8.81. The molecule has 0 bridgehead atoms. The normalized spacial score (nSPS) is 25.4. The first-order chi connectivity index (χ1) is 6.27. The van der Waals surface area contributed by atoms with Crippen LogP contribution >= 0.6 is 0 Å². The van der Waals surface area contributed by atoms with E-state index in [9.17, 15) is 4.79 Å². The largest absolute Gasteiger partial charge is 0.356 e. The van der Waals surface area contributed by atoms with Crippen molar-refractivity contribution in [3.05, 3.63) is 0 Å². The van der Waals surface area contributed by atoms with Crippen LogP contribution < -0.4 is 5.32 Å². The van der Waals surface area contributed by atoms with E-state index in [1.54, 1.807) is 0 Å². The minimum Gasteiger partial charge on any atom is -0.356 e. The molecule has 1 heterocycles. The molecule has 1 amide bonds. The van der Waals surface area contributed by atoms with Gasteiger partial charge in [-0.1, -0.05) is 33.1 Å². The first-order valence-electron chi connectivity index (χ1n) is 5.54. The van der Waals surface area contributed by atoms with E-state index >= 15 is 0 Å². The van der Waals surface area contributed by atoms with Crippen molar-refractivity contribution >= 4 is 5.91 Å². The highest BCUT2D eigenvalue weighted by Gasteiger charge is 2.24. The monoisotopic (exact) mass is 183 g/mol. The third kappa shape index (κ3) is 3.02. The highest BCUT2D eigenvalue weighted by molar-refractivity contribution is 5.76. The molecule has 13 heavy (non-hydrogen) atoms. The first-order valence-corrected chi connectivity index (χ1v) is 5.54. The SMILES string of the molecule is CCCC(CC)C1CCC(=O)NC1. The van der Waals surface area contributed by atoms with Crippen LogP contribution in [0.3, 0.4) is 0 Å². The summed E-state index contributed by atoms with van der Waals surface area (Å²) >= 11 is 0. The lowest BCUT2D eigenvalue weighted by atomic mass is 9.82. The molecule has 2 atom stereocenters. The van der Waals surface area contributed by atoms with E-state index in [1.807, 2.05) is 0 Å². The van der Waals surface area contributed by atoms with Crippen molar-refractivity contribution in [2.75, 3.05) is 6.54 Å². The standard InChI is InChI=1S/C11H21NO/c1-3-5-9(4-2)10-6-7-11(13)12-8-10/h9-10H,3-8H2,1-2H3,(H,12,13). The summed E-state index contributed by atoms with van der Waals surface area (Å²) in [4.78, 5) is 11.0. The molecule has 0 aromatic heterocycles. The Hall–Kier alpha value is -0.530. The highest BCUT2D eigenvalue weighted by Crippen LogP contribution is 2.26. The quantitative estimate of drug-likeness (QED) is 0.712. The minimum absolute atomic E-state index is 0.239. The van der Waals surface area contributed by atoms with Gasteiger partial charge in [-0.25, -0.2) is 0 Å². The molecule has 1 aliphatic rings. The lowest BCUT2D eigenvalue weighted by Crippen LogP contribution is -2.37. The molecule has 2 heteroatoms. The Morgan fingerprint density at radius 2 is 2.31 bits per heavy atom. The maximum absolute atomic E-state index is 11.0. The first kappa shape index (κ1) is 10.6. The van der Waals surface area contributed by atoms with Crippen molar-refractivity contribution in [2.45, 2.75) is 46.0 Å². The average Bonchev–Trinajstić information content (AvgIpc) is 2.16. The lowest BCUT2D eigenvalue weighted by Gasteiger charge is -2.29. The van der Waals surface area contributed by atoms with Gasteiger partial charge in [0.2, 0.25) is 5.91 Å². The summed E-state index contributed by atoms with van der Waals surface area (Å²) in [6, 6.07) is 0. The van der Waals surface area contributed by atoms with Crippen LogP contribution in [0.2, 0.25) is 0 Å². The second-order valence-corrected chi connectivity index (χ2v) is 4.06. The summed E-state index contributed by atoms with van der Waals surface area (Å²) in [5.41, 5.74) is 0. The van der Waals surface area contributed by atoms with Gasteiger partial charge in [-0.2, -0.15) is 0 Å². The Kier molecular flexibility index (Phi) is 4.26. The molecule has 1 aliphatic heterocycles. The number of carbonyl (C=O) groups is 1. The smallest absolute Gasteiger partial charge is 0.220 e. The Bertz CT molecular complexity index is 157. The van der Waals surface area contributed by atoms with E-state index in [4.69, 9.17) is 0 Å². The number of rotatable bonds is 4. The van der Waals surface area contributed by atoms with Crippen LogP contribution in [0.15, 0.2) is 0 Å². The lowest BCUT2D eigenvalue weighted by molar-refractivity contribution is -0.123. The van der Waals surface area contributed by atoms with Gasteiger partial charge in [-0.05, 0) is 18.3 Å². The summed E-state index contributed by atoms with van der Waals surface area (Å²) in [7, 11) is 0. The summed E-state index contributed by atoms with van der Waals surface area (Å²) in [6.07, 6.45) is 5.68. The van der Waals surface area contributed by atoms with Crippen molar-refractivity contribution in [3.63, 3.8) is 0 Å². The molecular formula is C11H21NO. The van der Waals surface area contributed by atoms with Crippen LogP contribution in [0.1, 0.15) is 46.0 Å². The van der Waals surface area contributed by atoms with Crippen molar-refractivity contribution in [1.29, 1.82) is 0 Å². The van der Waals surface area contributed by atoms with Crippen LogP contribution in [0, 0.1) is 11.8 Å². The molecule has 0 aliphatic carbocycles. The Labute approximate surface area is 81.1 Å². The summed E-state index contributed by atoms with van der Waals surface area (Å²) < 4.78 is 0. The zero-order valence-corrected chi connectivity index (χ0v) is 8.81. The predicted molar refractivity (Wildman–Crippen MR) is 54.4 cm³/mol. The van der Waals surface area contributed by atoms with Gasteiger partial charge in [0, 0.05) is 13.0 Å². The molecule has 0 aromatic rings. The number of hydrogen-bond acceptors (Lipinski definition) is 1. The van der Waals surface area contributed by atoms with Crippen LogP contribution in [0.4, 0.5) is 0 Å². The third-order valence-electron chi connectivity index (χ3n) is 3.15. The van der Waals surface area contributed by atoms with Gasteiger partial charge in [0.1, 0.15) is 0 Å². The second-order valence-electron chi connectivity index (χ2n) is 4.06. The van der Waals surface area contributed by atoms with Crippen molar-refractivity contribution in [1.82, 2.24) is 5.32 Å². The molecule has 1 fully saturated rings. The van der Waals surface area contributed by atoms with E-state index < -0.39 is 0 Å². The molecular weight excluding hydrogens is 162 g/mol. The predicted octanol–water partition coefficient (Wildman–Crippen LogP) is 2.34. The Morgan fingerprint density at radius 1 is 1.54 bits per heavy atom. The fourth-order valence-electron chi connectivity index (χ4n) is 2.30.